The van der Waals surface area contributed by atoms with E-state index in [0.29, 0.717) is 30.0 Å². The number of hydrogen-bond donors (Lipinski definition) is 1. The van der Waals surface area contributed by atoms with Gasteiger partial charge < -0.3 is 14.4 Å². The van der Waals surface area contributed by atoms with Gasteiger partial charge in [-0.3, -0.25) is 0 Å². The van der Waals surface area contributed by atoms with E-state index in [-0.39, 0.29) is 0 Å². The van der Waals surface area contributed by atoms with Gasteiger partial charge in [0.25, 0.3) is 0 Å². The summed E-state index contributed by atoms with van der Waals surface area (Å²) >= 11 is 5.64. The predicted octanol–water partition coefficient (Wildman–Crippen LogP) is 3.68. The van der Waals surface area contributed by atoms with Crippen LogP contribution in [0.2, 0.25) is 0 Å². The van der Waals surface area contributed by atoms with Crippen LogP contribution in [0.1, 0.15) is 24.1 Å². The number of imidazole rings is 1. The van der Waals surface area contributed by atoms with Crippen LogP contribution in [0.5, 0.6) is 5.75 Å². The van der Waals surface area contributed by atoms with Gasteiger partial charge in [-0.2, -0.15) is 0 Å². The lowest BCUT2D eigenvalue weighted by molar-refractivity contribution is -0.132. The Morgan fingerprint density at radius 2 is 2.26 bits per heavy atom. The highest BCUT2D eigenvalue weighted by Gasteiger charge is 2.10. The minimum atomic E-state index is -0.927. The van der Waals surface area contributed by atoms with Crippen molar-refractivity contribution < 1.29 is 14.6 Å². The summed E-state index contributed by atoms with van der Waals surface area (Å²) in [5, 5.41) is 9.27. The molecule has 1 heterocycles. The molecule has 0 atom stereocenters. The third-order valence-corrected chi connectivity index (χ3v) is 3.66. The molecule has 122 valence electrons. The number of halogens is 1. The molecule has 0 aliphatic heterocycles. The lowest BCUT2D eigenvalue weighted by Crippen LogP contribution is -2.01. The summed E-state index contributed by atoms with van der Waals surface area (Å²) in [6, 6.07) is 5.55. The highest BCUT2D eigenvalue weighted by molar-refractivity contribution is 6.17. The topological polar surface area (TPSA) is 64.3 Å². The van der Waals surface area contributed by atoms with Crippen molar-refractivity contribution in [3.05, 3.63) is 47.6 Å². The van der Waals surface area contributed by atoms with Gasteiger partial charge in [-0.05, 0) is 43.5 Å². The van der Waals surface area contributed by atoms with Gasteiger partial charge in [0.1, 0.15) is 5.75 Å². The molecular weight excluding hydrogens is 316 g/mol. The van der Waals surface area contributed by atoms with E-state index in [4.69, 9.17) is 16.3 Å². The van der Waals surface area contributed by atoms with Gasteiger partial charge >= 0.3 is 5.97 Å². The van der Waals surface area contributed by atoms with Crippen molar-refractivity contribution in [2.75, 3.05) is 13.0 Å². The van der Waals surface area contributed by atoms with E-state index >= 15 is 0 Å². The highest BCUT2D eigenvalue weighted by Crippen LogP contribution is 2.26. The van der Waals surface area contributed by atoms with Gasteiger partial charge in [-0.25, -0.2) is 9.78 Å². The van der Waals surface area contributed by atoms with Crippen LogP contribution < -0.4 is 4.74 Å². The van der Waals surface area contributed by atoms with Crippen LogP contribution in [0.15, 0.2) is 36.3 Å². The van der Waals surface area contributed by atoms with Crippen LogP contribution >= 0.6 is 11.6 Å². The van der Waals surface area contributed by atoms with Crippen molar-refractivity contribution in [2.24, 2.45) is 0 Å². The highest BCUT2D eigenvalue weighted by atomic mass is 35.5. The number of rotatable bonds is 7. The first-order valence-corrected chi connectivity index (χ1v) is 7.77. The number of aryl methyl sites for hydroxylation is 1. The predicted molar refractivity (Wildman–Crippen MR) is 90.4 cm³/mol. The van der Waals surface area contributed by atoms with Crippen LogP contribution in [0.3, 0.4) is 0 Å². The Morgan fingerprint density at radius 3 is 2.83 bits per heavy atom. The molecule has 0 aliphatic carbocycles. The Hall–Kier alpha value is -2.27. The maximum Gasteiger partial charge on any atom is 0.331 e. The summed E-state index contributed by atoms with van der Waals surface area (Å²) < 4.78 is 7.29. The number of alkyl halides is 1. The number of ether oxygens (including phenoxy) is 1. The fourth-order valence-electron chi connectivity index (χ4n) is 2.25. The Kier molecular flexibility index (Phi) is 5.82. The van der Waals surface area contributed by atoms with Crippen LogP contribution in [-0.2, 0) is 4.79 Å². The standard InChI is InChI=1S/C17H19ClN2O3/c1-12-10-20(11-19-12)15-6-5-13(9-16(15)23-2)8-14(17(21)22)4-3-7-18/h5-6,8-11H,3-4,7H2,1-2H3,(H,21,22)/b14-8-. The van der Waals surface area contributed by atoms with Gasteiger partial charge in [0, 0.05) is 17.6 Å². The number of carboxylic acids is 1. The van der Waals surface area contributed by atoms with Crippen LogP contribution in [0.25, 0.3) is 11.8 Å². The van der Waals surface area contributed by atoms with Crippen molar-refractivity contribution in [3.8, 4) is 11.4 Å². The molecule has 1 aromatic carbocycles. The lowest BCUT2D eigenvalue weighted by atomic mass is 10.1. The zero-order chi connectivity index (χ0) is 16.8. The molecule has 0 amide bonds. The monoisotopic (exact) mass is 334 g/mol. The normalized spacial score (nSPS) is 11.5. The third kappa shape index (κ3) is 4.36. The number of aromatic nitrogens is 2. The molecule has 5 nitrogen and oxygen atoms in total. The second kappa shape index (κ2) is 7.83. The smallest absolute Gasteiger partial charge is 0.331 e. The van der Waals surface area contributed by atoms with Crippen LogP contribution in [0.4, 0.5) is 0 Å². The minimum absolute atomic E-state index is 0.332. The van der Waals surface area contributed by atoms with E-state index < -0.39 is 5.97 Å². The van der Waals surface area contributed by atoms with E-state index in [2.05, 4.69) is 4.98 Å². The van der Waals surface area contributed by atoms with Gasteiger partial charge in [-0.15, -0.1) is 11.6 Å². The quantitative estimate of drug-likeness (QED) is 0.619. The van der Waals surface area contributed by atoms with E-state index in [0.717, 1.165) is 16.9 Å². The largest absolute Gasteiger partial charge is 0.495 e. The van der Waals surface area contributed by atoms with Crippen molar-refractivity contribution in [1.82, 2.24) is 9.55 Å². The van der Waals surface area contributed by atoms with Crippen LogP contribution in [-0.4, -0.2) is 33.6 Å². The number of hydrogen-bond acceptors (Lipinski definition) is 3. The van der Waals surface area contributed by atoms with Gasteiger partial charge in [0.05, 0.1) is 24.8 Å². The number of nitrogens with zero attached hydrogens (tertiary/aromatic N) is 2. The fourth-order valence-corrected chi connectivity index (χ4v) is 2.38. The zero-order valence-corrected chi connectivity index (χ0v) is 13.9. The Bertz CT molecular complexity index is 722. The van der Waals surface area contributed by atoms with Crippen LogP contribution in [0, 0.1) is 6.92 Å². The molecule has 0 radical (unpaired) electrons. The molecule has 6 heteroatoms. The van der Waals surface area contributed by atoms with Crippen molar-refractivity contribution in [1.29, 1.82) is 0 Å². The Morgan fingerprint density at radius 1 is 1.48 bits per heavy atom. The second-order valence-electron chi connectivity index (χ2n) is 5.12. The molecule has 0 bridgehead atoms. The first-order chi connectivity index (χ1) is 11.0. The molecule has 0 unspecified atom stereocenters. The number of carbonyl (C=O) groups is 1. The molecular formula is C17H19ClN2O3. The minimum Gasteiger partial charge on any atom is -0.495 e. The molecule has 0 spiro atoms. The molecule has 1 N–H and O–H groups in total. The molecule has 23 heavy (non-hydrogen) atoms. The third-order valence-electron chi connectivity index (χ3n) is 3.39. The Labute approximate surface area is 140 Å². The molecule has 1 aromatic heterocycles. The van der Waals surface area contributed by atoms with Crippen molar-refractivity contribution >= 4 is 23.6 Å². The van der Waals surface area contributed by atoms with Gasteiger partial charge in [-0.1, -0.05) is 6.07 Å². The molecule has 2 aromatic rings. The molecule has 0 aliphatic rings. The average molecular weight is 335 g/mol. The van der Waals surface area contributed by atoms with E-state index in [1.165, 1.54) is 0 Å². The number of carboxylic acid groups (broad SMARTS) is 1. The van der Waals surface area contributed by atoms with E-state index in [1.54, 1.807) is 19.5 Å². The summed E-state index contributed by atoms with van der Waals surface area (Å²) in [7, 11) is 1.59. The van der Waals surface area contributed by atoms with Gasteiger partial charge in [0.15, 0.2) is 0 Å². The van der Waals surface area contributed by atoms with Crippen molar-refractivity contribution in [2.45, 2.75) is 19.8 Å². The molecule has 0 saturated carbocycles. The summed E-state index contributed by atoms with van der Waals surface area (Å²) in [6.45, 7) is 1.91. The maximum absolute atomic E-state index is 11.3. The molecule has 0 saturated heterocycles. The summed E-state index contributed by atoms with van der Waals surface area (Å²) in [5.74, 6) is 0.161. The fraction of sp³-hybridized carbons (Fsp3) is 0.294. The Balaban J connectivity index is 2.36. The average Bonchev–Trinajstić information content (AvgIpc) is 2.97. The maximum atomic E-state index is 11.3. The van der Waals surface area contributed by atoms with Gasteiger partial charge in [0.2, 0.25) is 0 Å². The SMILES string of the molecule is COc1cc(/C=C(/CCCCl)C(=O)O)ccc1-n1cnc(C)c1. The van der Waals surface area contributed by atoms with Crippen molar-refractivity contribution in [3.63, 3.8) is 0 Å². The first-order valence-electron chi connectivity index (χ1n) is 7.24. The lowest BCUT2D eigenvalue weighted by Gasteiger charge is -2.10. The first kappa shape index (κ1) is 17.1. The summed E-state index contributed by atoms with van der Waals surface area (Å²) in [4.78, 5) is 15.5. The number of aliphatic carboxylic acids is 1. The molecule has 0 fully saturated rings. The second-order valence-corrected chi connectivity index (χ2v) is 5.50. The zero-order valence-electron chi connectivity index (χ0n) is 13.1. The molecule has 2 rings (SSSR count). The summed E-state index contributed by atoms with van der Waals surface area (Å²) in [5.41, 5.74) is 2.86. The number of methoxy groups -OCH3 is 1. The summed E-state index contributed by atoms with van der Waals surface area (Å²) in [6.07, 6.45) is 6.33. The van der Waals surface area contributed by atoms with E-state index in [1.807, 2.05) is 35.9 Å². The number of benzene rings is 1. The van der Waals surface area contributed by atoms with E-state index in [9.17, 15) is 9.90 Å².